The molecule has 8 heteroatoms. The predicted octanol–water partition coefficient (Wildman–Crippen LogP) is 2.39. The van der Waals surface area contributed by atoms with E-state index in [2.05, 4.69) is 25.9 Å². The zero-order valence-corrected chi connectivity index (χ0v) is 12.6. The molecule has 0 saturated heterocycles. The van der Waals surface area contributed by atoms with Gasteiger partial charge in [-0.3, -0.25) is 4.79 Å². The molecule has 2 rings (SSSR count). The molecule has 0 bridgehead atoms. The first kappa shape index (κ1) is 14.6. The van der Waals surface area contributed by atoms with Gasteiger partial charge in [-0.05, 0) is 18.2 Å². The van der Waals surface area contributed by atoms with Gasteiger partial charge in [-0.1, -0.05) is 27.7 Å². The van der Waals surface area contributed by atoms with Crippen LogP contribution in [0.5, 0.6) is 5.75 Å². The standard InChI is InChI=1S/C12H9BrN2O4S/c1-19-9-10(16)14-5-15-11(9)20-8-4-6(13)2-3-7(8)12(17)18/h2-5H,1H3,(H,17,18)(H,14,15,16). The summed E-state index contributed by atoms with van der Waals surface area (Å²) in [7, 11) is 1.36. The summed E-state index contributed by atoms with van der Waals surface area (Å²) in [5.41, 5.74) is -0.292. The molecule has 0 spiro atoms. The monoisotopic (exact) mass is 356 g/mol. The van der Waals surface area contributed by atoms with Crippen LogP contribution in [-0.4, -0.2) is 28.2 Å². The Bertz CT molecular complexity index is 717. The van der Waals surface area contributed by atoms with Crippen molar-refractivity contribution >= 4 is 33.7 Å². The van der Waals surface area contributed by atoms with E-state index in [0.29, 0.717) is 9.92 Å². The Morgan fingerprint density at radius 3 is 2.90 bits per heavy atom. The number of rotatable bonds is 4. The molecule has 0 aliphatic carbocycles. The van der Waals surface area contributed by atoms with E-state index >= 15 is 0 Å². The molecule has 0 amide bonds. The van der Waals surface area contributed by atoms with Crippen molar-refractivity contribution in [3.05, 3.63) is 44.9 Å². The number of nitrogens with zero attached hydrogens (tertiary/aromatic N) is 1. The number of benzene rings is 1. The highest BCUT2D eigenvalue weighted by molar-refractivity contribution is 9.10. The summed E-state index contributed by atoms with van der Waals surface area (Å²) in [6.07, 6.45) is 1.24. The van der Waals surface area contributed by atoms with Crippen LogP contribution in [0.3, 0.4) is 0 Å². The molecule has 104 valence electrons. The molecule has 1 aromatic heterocycles. The number of aromatic amines is 1. The number of H-pyrrole nitrogens is 1. The van der Waals surface area contributed by atoms with Gasteiger partial charge in [-0.25, -0.2) is 9.78 Å². The van der Waals surface area contributed by atoms with Crippen molar-refractivity contribution in [1.82, 2.24) is 9.97 Å². The molecule has 2 aromatic rings. The Morgan fingerprint density at radius 2 is 2.25 bits per heavy atom. The van der Waals surface area contributed by atoms with Crippen LogP contribution in [0.25, 0.3) is 0 Å². The maximum absolute atomic E-state index is 11.6. The van der Waals surface area contributed by atoms with E-state index in [4.69, 9.17) is 9.84 Å². The van der Waals surface area contributed by atoms with Gasteiger partial charge in [-0.15, -0.1) is 0 Å². The second-order valence-electron chi connectivity index (χ2n) is 3.62. The highest BCUT2D eigenvalue weighted by atomic mass is 79.9. The van der Waals surface area contributed by atoms with Gasteiger partial charge in [0.25, 0.3) is 5.56 Å². The fraction of sp³-hybridized carbons (Fsp3) is 0.0833. The maximum atomic E-state index is 11.6. The summed E-state index contributed by atoms with van der Waals surface area (Å²) in [5.74, 6) is -1.00. The van der Waals surface area contributed by atoms with Gasteiger partial charge >= 0.3 is 5.97 Å². The molecule has 0 aliphatic heterocycles. The van der Waals surface area contributed by atoms with Gasteiger partial charge in [0.15, 0.2) is 5.03 Å². The van der Waals surface area contributed by atoms with Crippen molar-refractivity contribution in [3.8, 4) is 5.75 Å². The Kier molecular flexibility index (Phi) is 4.46. The summed E-state index contributed by atoms with van der Waals surface area (Å²) < 4.78 is 5.72. The van der Waals surface area contributed by atoms with Crippen molar-refractivity contribution in [2.45, 2.75) is 9.92 Å². The van der Waals surface area contributed by atoms with Crippen molar-refractivity contribution in [2.75, 3.05) is 7.11 Å². The smallest absolute Gasteiger partial charge is 0.336 e. The molecule has 0 unspecified atom stereocenters. The van der Waals surface area contributed by atoms with E-state index in [-0.39, 0.29) is 11.3 Å². The average Bonchev–Trinajstić information content (AvgIpc) is 2.38. The van der Waals surface area contributed by atoms with E-state index in [1.165, 1.54) is 19.5 Å². The first-order chi connectivity index (χ1) is 9.52. The molecular weight excluding hydrogens is 348 g/mol. The zero-order chi connectivity index (χ0) is 14.7. The molecule has 0 saturated carbocycles. The zero-order valence-electron chi connectivity index (χ0n) is 10.2. The van der Waals surface area contributed by atoms with E-state index in [1.54, 1.807) is 12.1 Å². The Balaban J connectivity index is 2.50. The predicted molar refractivity (Wildman–Crippen MR) is 76.6 cm³/mol. The molecule has 0 atom stereocenters. The number of carboxylic acids is 1. The van der Waals surface area contributed by atoms with Crippen molar-refractivity contribution in [3.63, 3.8) is 0 Å². The number of nitrogens with one attached hydrogen (secondary N) is 1. The lowest BCUT2D eigenvalue weighted by Gasteiger charge is -2.08. The first-order valence-electron chi connectivity index (χ1n) is 5.35. The Morgan fingerprint density at radius 1 is 1.50 bits per heavy atom. The number of halogens is 1. The Labute approximate surface area is 126 Å². The second-order valence-corrected chi connectivity index (χ2v) is 5.56. The molecule has 0 radical (unpaired) electrons. The van der Waals surface area contributed by atoms with Crippen LogP contribution in [-0.2, 0) is 0 Å². The lowest BCUT2D eigenvalue weighted by Crippen LogP contribution is -2.11. The minimum atomic E-state index is -1.05. The van der Waals surface area contributed by atoms with Crippen LogP contribution in [0.15, 0.2) is 43.7 Å². The van der Waals surface area contributed by atoms with Crippen molar-refractivity contribution in [2.24, 2.45) is 0 Å². The maximum Gasteiger partial charge on any atom is 0.336 e. The summed E-state index contributed by atoms with van der Waals surface area (Å²) in [4.78, 5) is 29.7. The summed E-state index contributed by atoms with van der Waals surface area (Å²) >= 11 is 4.34. The molecule has 1 aromatic carbocycles. The van der Waals surface area contributed by atoms with Crippen LogP contribution >= 0.6 is 27.7 Å². The van der Waals surface area contributed by atoms with Crippen molar-refractivity contribution in [1.29, 1.82) is 0 Å². The molecule has 1 heterocycles. The molecule has 2 N–H and O–H groups in total. The quantitative estimate of drug-likeness (QED) is 0.817. The topological polar surface area (TPSA) is 92.3 Å². The minimum Gasteiger partial charge on any atom is -0.489 e. The fourth-order valence-corrected chi connectivity index (χ4v) is 3.03. The third-order valence-electron chi connectivity index (χ3n) is 2.36. The summed E-state index contributed by atoms with van der Waals surface area (Å²) in [6, 6.07) is 4.76. The lowest BCUT2D eigenvalue weighted by molar-refractivity contribution is 0.0693. The largest absolute Gasteiger partial charge is 0.489 e. The van der Waals surface area contributed by atoms with Gasteiger partial charge < -0.3 is 14.8 Å². The molecule has 0 aliphatic rings. The third-order valence-corrected chi connectivity index (χ3v) is 3.90. The van der Waals surface area contributed by atoms with E-state index in [0.717, 1.165) is 16.2 Å². The van der Waals surface area contributed by atoms with Crippen LogP contribution < -0.4 is 10.3 Å². The number of aromatic nitrogens is 2. The van der Waals surface area contributed by atoms with Crippen LogP contribution in [0.1, 0.15) is 10.4 Å². The number of methoxy groups -OCH3 is 1. The molecule has 0 fully saturated rings. The second kappa shape index (κ2) is 6.10. The highest BCUT2D eigenvalue weighted by Gasteiger charge is 2.16. The summed E-state index contributed by atoms with van der Waals surface area (Å²) in [5, 5.41) is 9.47. The van der Waals surface area contributed by atoms with Gasteiger partial charge in [0.2, 0.25) is 5.75 Å². The normalized spacial score (nSPS) is 10.3. The number of ether oxygens (including phenoxy) is 1. The van der Waals surface area contributed by atoms with Crippen molar-refractivity contribution < 1.29 is 14.6 Å². The van der Waals surface area contributed by atoms with Crippen LogP contribution in [0.4, 0.5) is 0 Å². The summed E-state index contributed by atoms with van der Waals surface area (Å²) in [6.45, 7) is 0. The fourth-order valence-electron chi connectivity index (χ4n) is 1.48. The first-order valence-corrected chi connectivity index (χ1v) is 6.96. The molecule has 6 nitrogen and oxygen atoms in total. The molecule has 20 heavy (non-hydrogen) atoms. The van der Waals surface area contributed by atoms with Crippen LogP contribution in [0, 0.1) is 0 Å². The number of hydrogen-bond acceptors (Lipinski definition) is 5. The van der Waals surface area contributed by atoms with Gasteiger partial charge in [-0.2, -0.15) is 0 Å². The van der Waals surface area contributed by atoms with E-state index < -0.39 is 11.5 Å². The number of carboxylic acid groups (broad SMARTS) is 1. The van der Waals surface area contributed by atoms with Crippen LogP contribution in [0.2, 0.25) is 0 Å². The molecular formula is C12H9BrN2O4S. The SMILES string of the molecule is COc1c(Sc2cc(Br)ccc2C(=O)O)nc[nH]c1=O. The minimum absolute atomic E-state index is 0.0498. The lowest BCUT2D eigenvalue weighted by atomic mass is 10.2. The number of hydrogen-bond donors (Lipinski definition) is 2. The average molecular weight is 357 g/mol. The number of aromatic carboxylic acids is 1. The number of carbonyl (C=O) groups is 1. The van der Waals surface area contributed by atoms with E-state index in [9.17, 15) is 9.59 Å². The third kappa shape index (κ3) is 3.02. The van der Waals surface area contributed by atoms with Gasteiger partial charge in [0, 0.05) is 9.37 Å². The Hall–Kier alpha value is -1.80. The van der Waals surface area contributed by atoms with E-state index in [1.807, 2.05) is 0 Å². The van der Waals surface area contributed by atoms with Gasteiger partial charge in [0.1, 0.15) is 0 Å². The highest BCUT2D eigenvalue weighted by Crippen LogP contribution is 2.34. The van der Waals surface area contributed by atoms with Gasteiger partial charge in [0.05, 0.1) is 19.0 Å².